The largest absolute Gasteiger partial charge is 0.298 e. The summed E-state index contributed by atoms with van der Waals surface area (Å²) < 4.78 is 0. The van der Waals surface area contributed by atoms with Gasteiger partial charge in [-0.15, -0.1) is 22.7 Å². The van der Waals surface area contributed by atoms with E-state index >= 15 is 0 Å². The zero-order valence-corrected chi connectivity index (χ0v) is 14.8. The minimum Gasteiger partial charge on any atom is -0.298 e. The highest BCUT2D eigenvalue weighted by Crippen LogP contribution is 2.28. The van der Waals surface area contributed by atoms with Crippen molar-refractivity contribution in [2.24, 2.45) is 0 Å². The summed E-state index contributed by atoms with van der Waals surface area (Å²) >= 11 is 15.1. The molecule has 3 rings (SSSR count). The summed E-state index contributed by atoms with van der Waals surface area (Å²) in [6.07, 6.45) is 2.98. The predicted octanol–water partition coefficient (Wildman–Crippen LogP) is 5.83. The summed E-state index contributed by atoms with van der Waals surface area (Å²) in [5, 5.41) is 8.18. The molecule has 0 bridgehead atoms. The second kappa shape index (κ2) is 7.27. The Morgan fingerprint density at radius 2 is 1.91 bits per heavy atom. The number of amides is 1. The molecule has 0 aliphatic heterocycles. The lowest BCUT2D eigenvalue weighted by molar-refractivity contribution is -0.111. The maximum absolute atomic E-state index is 12.0. The maximum Gasteiger partial charge on any atom is 0.250 e. The number of benzene rings is 1. The molecule has 0 saturated heterocycles. The Morgan fingerprint density at radius 1 is 1.13 bits per heavy atom. The van der Waals surface area contributed by atoms with Gasteiger partial charge in [-0.05, 0) is 29.7 Å². The van der Waals surface area contributed by atoms with Gasteiger partial charge < -0.3 is 0 Å². The number of carbonyl (C=O) groups is 1. The average Bonchev–Trinajstić information content (AvgIpc) is 3.17. The number of rotatable bonds is 4. The summed E-state index contributed by atoms with van der Waals surface area (Å²) in [7, 11) is 0. The summed E-state index contributed by atoms with van der Waals surface area (Å²) in [5.74, 6) is -0.284. The molecule has 0 aliphatic carbocycles. The van der Waals surface area contributed by atoms with Gasteiger partial charge in [-0.1, -0.05) is 35.3 Å². The Morgan fingerprint density at radius 3 is 2.61 bits per heavy atom. The Bertz CT molecular complexity index is 837. The molecule has 1 N–H and O–H groups in total. The van der Waals surface area contributed by atoms with E-state index in [1.54, 1.807) is 35.6 Å². The molecule has 0 atom stereocenters. The third kappa shape index (κ3) is 4.00. The topological polar surface area (TPSA) is 42.0 Å². The van der Waals surface area contributed by atoms with Crippen molar-refractivity contribution in [2.75, 3.05) is 5.32 Å². The van der Waals surface area contributed by atoms with Crippen LogP contribution in [0, 0.1) is 0 Å². The second-order valence-corrected chi connectivity index (χ2v) is 7.09. The van der Waals surface area contributed by atoms with Crippen LogP contribution in [0.1, 0.15) is 5.56 Å². The van der Waals surface area contributed by atoms with Crippen LogP contribution in [0.2, 0.25) is 10.0 Å². The highest BCUT2D eigenvalue weighted by atomic mass is 35.5. The first-order valence-electron chi connectivity index (χ1n) is 6.56. The van der Waals surface area contributed by atoms with Crippen molar-refractivity contribution in [2.45, 2.75) is 0 Å². The first-order chi connectivity index (χ1) is 11.1. The van der Waals surface area contributed by atoms with Crippen LogP contribution in [0.15, 0.2) is 47.2 Å². The van der Waals surface area contributed by atoms with E-state index in [1.807, 2.05) is 22.9 Å². The number of nitrogens with one attached hydrogen (secondary N) is 1. The van der Waals surface area contributed by atoms with Gasteiger partial charge in [0.25, 0.3) is 0 Å². The Kier molecular flexibility index (Phi) is 5.13. The van der Waals surface area contributed by atoms with Crippen LogP contribution >= 0.6 is 45.9 Å². The second-order valence-electron chi connectivity index (χ2n) is 4.47. The van der Waals surface area contributed by atoms with Gasteiger partial charge in [0.1, 0.15) is 0 Å². The fraction of sp³-hybridized carbons (Fsp3) is 0. The van der Waals surface area contributed by atoms with Gasteiger partial charge in [0.2, 0.25) is 5.91 Å². The fourth-order valence-corrected chi connectivity index (χ4v) is 3.84. The smallest absolute Gasteiger partial charge is 0.250 e. The lowest BCUT2D eigenvalue weighted by Gasteiger charge is -2.01. The average molecular weight is 381 g/mol. The van der Waals surface area contributed by atoms with Crippen LogP contribution < -0.4 is 5.32 Å². The van der Waals surface area contributed by atoms with E-state index < -0.39 is 0 Å². The fourth-order valence-electron chi connectivity index (χ4n) is 1.84. The van der Waals surface area contributed by atoms with Gasteiger partial charge >= 0.3 is 0 Å². The van der Waals surface area contributed by atoms with E-state index in [2.05, 4.69) is 10.3 Å². The first-order valence-corrected chi connectivity index (χ1v) is 9.07. The summed E-state index contributed by atoms with van der Waals surface area (Å²) in [4.78, 5) is 17.5. The lowest BCUT2D eigenvalue weighted by Crippen LogP contribution is -2.07. The van der Waals surface area contributed by atoms with E-state index in [1.165, 1.54) is 17.4 Å². The third-order valence-electron chi connectivity index (χ3n) is 2.91. The molecular formula is C16H10Cl2N2OS2. The number of thiophene rings is 1. The van der Waals surface area contributed by atoms with Crippen molar-refractivity contribution < 1.29 is 4.79 Å². The number of aromatic nitrogens is 1. The Balaban J connectivity index is 1.69. The highest BCUT2D eigenvalue weighted by molar-refractivity contribution is 7.16. The molecule has 23 heavy (non-hydrogen) atoms. The molecule has 0 fully saturated rings. The molecule has 0 spiro atoms. The molecule has 2 aromatic heterocycles. The van der Waals surface area contributed by atoms with Gasteiger partial charge in [-0.2, -0.15) is 0 Å². The molecule has 3 nitrogen and oxygen atoms in total. The third-order valence-corrected chi connectivity index (χ3v) is 5.22. The Hall–Kier alpha value is -1.66. The molecule has 0 unspecified atom stereocenters. The molecular weight excluding hydrogens is 371 g/mol. The van der Waals surface area contributed by atoms with Crippen LogP contribution in [0.5, 0.6) is 0 Å². The summed E-state index contributed by atoms with van der Waals surface area (Å²) in [5.41, 5.74) is 1.47. The van der Waals surface area contributed by atoms with Crippen molar-refractivity contribution in [3.8, 4) is 10.6 Å². The zero-order chi connectivity index (χ0) is 16.2. The van der Waals surface area contributed by atoms with Crippen LogP contribution in [0.25, 0.3) is 16.6 Å². The normalized spacial score (nSPS) is 11.0. The van der Waals surface area contributed by atoms with Crippen molar-refractivity contribution in [3.63, 3.8) is 0 Å². The molecule has 2 heterocycles. The quantitative estimate of drug-likeness (QED) is 0.578. The van der Waals surface area contributed by atoms with Crippen molar-refractivity contribution in [3.05, 3.63) is 62.8 Å². The summed E-state index contributed by atoms with van der Waals surface area (Å²) in [6.45, 7) is 0. The number of hydrogen-bond acceptors (Lipinski definition) is 4. The maximum atomic E-state index is 12.0. The Labute approximate surface area is 151 Å². The minimum atomic E-state index is -0.284. The van der Waals surface area contributed by atoms with Crippen LogP contribution in [-0.4, -0.2) is 10.9 Å². The molecule has 116 valence electrons. The highest BCUT2D eigenvalue weighted by Gasteiger charge is 2.07. The SMILES string of the molecule is O=C(/C=C/c1c(Cl)cccc1Cl)Nc1nc(-c2cccs2)cs1. The molecule has 0 aliphatic rings. The zero-order valence-electron chi connectivity index (χ0n) is 11.6. The van der Waals surface area contributed by atoms with Crippen molar-refractivity contribution in [1.29, 1.82) is 0 Å². The number of hydrogen-bond donors (Lipinski definition) is 1. The standard InChI is InChI=1S/C16H10Cl2N2OS2/c17-11-3-1-4-12(18)10(11)6-7-15(21)20-16-19-13(9-23-16)14-5-2-8-22-14/h1-9H,(H,19,20,21)/b7-6+. The number of anilines is 1. The van der Waals surface area contributed by atoms with E-state index in [0.29, 0.717) is 20.7 Å². The summed E-state index contributed by atoms with van der Waals surface area (Å²) in [6, 6.07) is 9.15. The van der Waals surface area contributed by atoms with Crippen LogP contribution in [0.3, 0.4) is 0 Å². The monoisotopic (exact) mass is 380 g/mol. The van der Waals surface area contributed by atoms with Crippen LogP contribution in [0.4, 0.5) is 5.13 Å². The van der Waals surface area contributed by atoms with Crippen molar-refractivity contribution in [1.82, 2.24) is 4.98 Å². The predicted molar refractivity (Wildman–Crippen MR) is 99.6 cm³/mol. The van der Waals surface area contributed by atoms with Gasteiger partial charge in [0.05, 0.1) is 10.6 Å². The van der Waals surface area contributed by atoms with E-state index in [-0.39, 0.29) is 5.91 Å². The number of halogens is 2. The number of thiazole rings is 1. The van der Waals surface area contributed by atoms with E-state index in [9.17, 15) is 4.79 Å². The van der Waals surface area contributed by atoms with Crippen LogP contribution in [-0.2, 0) is 4.79 Å². The number of carbonyl (C=O) groups excluding carboxylic acids is 1. The van der Waals surface area contributed by atoms with E-state index in [4.69, 9.17) is 23.2 Å². The molecule has 0 saturated carbocycles. The van der Waals surface area contributed by atoms with E-state index in [0.717, 1.165) is 10.6 Å². The molecule has 3 aromatic rings. The molecule has 1 amide bonds. The number of nitrogens with zero attached hydrogens (tertiary/aromatic N) is 1. The van der Waals surface area contributed by atoms with Gasteiger partial charge in [-0.3, -0.25) is 10.1 Å². The van der Waals surface area contributed by atoms with Gasteiger partial charge in [-0.25, -0.2) is 4.98 Å². The molecule has 7 heteroatoms. The van der Waals surface area contributed by atoms with Gasteiger partial charge in [0.15, 0.2) is 5.13 Å². The first kappa shape index (κ1) is 16.2. The van der Waals surface area contributed by atoms with Crippen molar-refractivity contribution >= 4 is 63.0 Å². The molecule has 0 radical (unpaired) electrons. The lowest BCUT2D eigenvalue weighted by atomic mass is 10.2. The molecule has 1 aromatic carbocycles. The van der Waals surface area contributed by atoms with Gasteiger partial charge in [0, 0.05) is 27.1 Å². The minimum absolute atomic E-state index is 0.284.